The first-order chi connectivity index (χ1) is 13.1. The van der Waals surface area contributed by atoms with E-state index in [4.69, 9.17) is 14.2 Å². The molecule has 2 aromatic rings. The molecule has 1 fully saturated rings. The molecule has 1 amide bonds. The molecule has 3 heterocycles. The summed E-state index contributed by atoms with van der Waals surface area (Å²) in [5.74, 6) is 1.69. The molecule has 0 N–H and O–H groups in total. The summed E-state index contributed by atoms with van der Waals surface area (Å²) in [6.07, 6.45) is 2.98. The summed E-state index contributed by atoms with van der Waals surface area (Å²) in [5.41, 5.74) is 3.22. The fourth-order valence-electron chi connectivity index (χ4n) is 4.20. The van der Waals surface area contributed by atoms with Gasteiger partial charge in [-0.15, -0.1) is 0 Å². The fraction of sp³-hybridized carbons (Fsp3) is 0.476. The molecular formula is C21H25NO4S. The number of hydrogen-bond acceptors (Lipinski definition) is 5. The first-order valence-electron chi connectivity index (χ1n) is 9.33. The molecule has 1 aromatic carbocycles. The number of methoxy groups -OCH3 is 2. The Bertz CT molecular complexity index is 810. The van der Waals surface area contributed by atoms with Crippen LogP contribution in [0.4, 0.5) is 0 Å². The van der Waals surface area contributed by atoms with Crippen LogP contribution in [0, 0.1) is 0 Å². The minimum absolute atomic E-state index is 0.201. The lowest BCUT2D eigenvalue weighted by Crippen LogP contribution is -2.48. The molecule has 27 heavy (non-hydrogen) atoms. The summed E-state index contributed by atoms with van der Waals surface area (Å²) in [5, 5.41) is 4.06. The SMILES string of the molecule is COc1cc2c(cc1OC)C1(CCN(C(=O)Cc3ccsc3)CC1)OCC2. The fourth-order valence-corrected chi connectivity index (χ4v) is 4.87. The van der Waals surface area contributed by atoms with Crippen LogP contribution in [0.25, 0.3) is 0 Å². The first kappa shape index (κ1) is 18.3. The van der Waals surface area contributed by atoms with Gasteiger partial charge in [-0.3, -0.25) is 4.79 Å². The number of amides is 1. The van der Waals surface area contributed by atoms with E-state index in [2.05, 4.69) is 12.1 Å². The third-order valence-corrected chi connectivity index (χ3v) is 6.44. The zero-order valence-corrected chi connectivity index (χ0v) is 16.6. The van der Waals surface area contributed by atoms with Crippen molar-refractivity contribution in [2.24, 2.45) is 0 Å². The molecular weight excluding hydrogens is 362 g/mol. The number of nitrogens with zero attached hydrogens (tertiary/aromatic N) is 1. The van der Waals surface area contributed by atoms with Gasteiger partial charge in [0.1, 0.15) is 0 Å². The zero-order chi connectivity index (χ0) is 18.9. The molecule has 0 bridgehead atoms. The molecule has 1 saturated heterocycles. The monoisotopic (exact) mass is 387 g/mol. The van der Waals surface area contributed by atoms with Gasteiger partial charge in [0.2, 0.25) is 5.91 Å². The number of carbonyl (C=O) groups is 1. The highest BCUT2D eigenvalue weighted by Gasteiger charge is 2.42. The van der Waals surface area contributed by atoms with Crippen LogP contribution in [0.5, 0.6) is 11.5 Å². The van der Waals surface area contributed by atoms with Crippen molar-refractivity contribution < 1.29 is 19.0 Å². The standard InChI is InChI=1S/C21H25NO4S/c1-24-18-12-16-3-9-26-21(17(16)13-19(18)25-2)5-7-22(8-6-21)20(23)11-15-4-10-27-14-15/h4,10,12-14H,3,5-9,11H2,1-2H3. The topological polar surface area (TPSA) is 48.0 Å². The van der Waals surface area contributed by atoms with Crippen molar-refractivity contribution >= 4 is 17.2 Å². The zero-order valence-electron chi connectivity index (χ0n) is 15.8. The Morgan fingerprint density at radius 1 is 1.22 bits per heavy atom. The Kier molecular flexibility index (Phi) is 5.10. The van der Waals surface area contributed by atoms with Gasteiger partial charge >= 0.3 is 0 Å². The number of ether oxygens (including phenoxy) is 3. The normalized spacial score (nSPS) is 18.2. The molecule has 0 aliphatic carbocycles. The minimum atomic E-state index is -0.327. The Morgan fingerprint density at radius 3 is 2.63 bits per heavy atom. The van der Waals surface area contributed by atoms with Crippen molar-refractivity contribution in [3.05, 3.63) is 45.6 Å². The summed E-state index contributed by atoms with van der Waals surface area (Å²) in [7, 11) is 3.32. The van der Waals surface area contributed by atoms with E-state index < -0.39 is 0 Å². The molecule has 0 atom stereocenters. The van der Waals surface area contributed by atoms with Gasteiger partial charge in [-0.1, -0.05) is 0 Å². The van der Waals surface area contributed by atoms with Crippen LogP contribution in [0.15, 0.2) is 29.0 Å². The van der Waals surface area contributed by atoms with Crippen LogP contribution < -0.4 is 9.47 Å². The molecule has 2 aliphatic heterocycles. The van der Waals surface area contributed by atoms with E-state index in [9.17, 15) is 4.79 Å². The summed E-state index contributed by atoms with van der Waals surface area (Å²) in [6.45, 7) is 2.14. The second-order valence-corrected chi connectivity index (χ2v) is 7.93. The van der Waals surface area contributed by atoms with Gasteiger partial charge in [0.25, 0.3) is 0 Å². The average Bonchev–Trinajstić information content (AvgIpc) is 3.21. The van der Waals surface area contributed by atoms with Gasteiger partial charge < -0.3 is 19.1 Å². The molecule has 1 aromatic heterocycles. The second-order valence-electron chi connectivity index (χ2n) is 7.15. The van der Waals surface area contributed by atoms with Gasteiger partial charge in [-0.25, -0.2) is 0 Å². The summed E-state index contributed by atoms with van der Waals surface area (Å²) < 4.78 is 17.3. The van der Waals surface area contributed by atoms with Crippen molar-refractivity contribution in [2.75, 3.05) is 33.9 Å². The van der Waals surface area contributed by atoms with E-state index in [1.165, 1.54) is 11.1 Å². The second kappa shape index (κ2) is 7.52. The molecule has 5 nitrogen and oxygen atoms in total. The maximum atomic E-state index is 12.6. The molecule has 0 unspecified atom stereocenters. The number of likely N-dealkylation sites (tertiary alicyclic amines) is 1. The van der Waals surface area contributed by atoms with E-state index >= 15 is 0 Å². The number of fused-ring (bicyclic) bond motifs is 2. The molecule has 144 valence electrons. The van der Waals surface area contributed by atoms with Crippen molar-refractivity contribution in [1.29, 1.82) is 0 Å². The number of hydrogen-bond donors (Lipinski definition) is 0. The van der Waals surface area contributed by atoms with Crippen LogP contribution in [-0.2, 0) is 28.0 Å². The van der Waals surface area contributed by atoms with Crippen LogP contribution >= 0.6 is 11.3 Å². The molecule has 6 heteroatoms. The largest absolute Gasteiger partial charge is 0.493 e. The quantitative estimate of drug-likeness (QED) is 0.807. The van der Waals surface area contributed by atoms with Crippen LogP contribution in [-0.4, -0.2) is 44.7 Å². The Labute approximate surface area is 163 Å². The third kappa shape index (κ3) is 3.44. The van der Waals surface area contributed by atoms with E-state index in [1.807, 2.05) is 21.7 Å². The Morgan fingerprint density at radius 2 is 1.96 bits per heavy atom. The number of rotatable bonds is 4. The molecule has 2 aliphatic rings. The first-order valence-corrected chi connectivity index (χ1v) is 10.3. The number of piperidine rings is 1. The van der Waals surface area contributed by atoms with Gasteiger partial charge in [0, 0.05) is 13.1 Å². The lowest BCUT2D eigenvalue weighted by atomic mass is 9.79. The minimum Gasteiger partial charge on any atom is -0.493 e. The van der Waals surface area contributed by atoms with Crippen LogP contribution in [0.3, 0.4) is 0 Å². The highest BCUT2D eigenvalue weighted by Crippen LogP contribution is 2.45. The van der Waals surface area contributed by atoms with E-state index in [0.717, 1.165) is 49.4 Å². The average molecular weight is 388 g/mol. The highest BCUT2D eigenvalue weighted by molar-refractivity contribution is 7.08. The maximum absolute atomic E-state index is 12.6. The van der Waals surface area contributed by atoms with Gasteiger partial charge in [-0.05, 0) is 64.9 Å². The molecule has 0 saturated carbocycles. The summed E-state index contributed by atoms with van der Waals surface area (Å²) in [6, 6.07) is 6.16. The number of carbonyl (C=O) groups excluding carboxylic acids is 1. The lowest BCUT2D eigenvalue weighted by Gasteiger charge is -2.45. The summed E-state index contributed by atoms with van der Waals surface area (Å²) >= 11 is 1.63. The van der Waals surface area contributed by atoms with Gasteiger partial charge in [0.05, 0.1) is 32.8 Å². The van der Waals surface area contributed by atoms with Gasteiger partial charge in [0.15, 0.2) is 11.5 Å². The predicted molar refractivity (Wildman–Crippen MR) is 105 cm³/mol. The summed E-state index contributed by atoms with van der Waals surface area (Å²) in [4.78, 5) is 14.6. The van der Waals surface area contributed by atoms with Crippen LogP contribution in [0.1, 0.15) is 29.5 Å². The number of thiophene rings is 1. The lowest BCUT2D eigenvalue weighted by molar-refractivity contribution is -0.140. The van der Waals surface area contributed by atoms with Crippen LogP contribution in [0.2, 0.25) is 0 Å². The van der Waals surface area contributed by atoms with Crippen molar-refractivity contribution in [3.8, 4) is 11.5 Å². The smallest absolute Gasteiger partial charge is 0.227 e. The van der Waals surface area contributed by atoms with Crippen molar-refractivity contribution in [1.82, 2.24) is 4.90 Å². The van der Waals surface area contributed by atoms with Crippen molar-refractivity contribution in [3.63, 3.8) is 0 Å². The Hall–Kier alpha value is -2.05. The Balaban J connectivity index is 1.52. The van der Waals surface area contributed by atoms with Gasteiger partial charge in [-0.2, -0.15) is 11.3 Å². The van der Waals surface area contributed by atoms with E-state index in [-0.39, 0.29) is 11.5 Å². The third-order valence-electron chi connectivity index (χ3n) is 5.71. The molecule has 1 spiro atoms. The van der Waals surface area contributed by atoms with Crippen molar-refractivity contribution in [2.45, 2.75) is 31.3 Å². The van der Waals surface area contributed by atoms with E-state index in [1.54, 1.807) is 25.6 Å². The van der Waals surface area contributed by atoms with E-state index in [0.29, 0.717) is 13.0 Å². The molecule has 0 radical (unpaired) electrons. The maximum Gasteiger partial charge on any atom is 0.227 e. The number of benzene rings is 1. The highest BCUT2D eigenvalue weighted by atomic mass is 32.1. The molecule has 4 rings (SSSR count). The predicted octanol–water partition coefficient (Wildman–Crippen LogP) is 3.40.